The Bertz CT molecular complexity index is 378. The van der Waals surface area contributed by atoms with Crippen LogP contribution in [0, 0.1) is 0 Å². The molecule has 1 aliphatic heterocycles. The molecule has 2 N–H and O–H groups in total. The zero-order chi connectivity index (χ0) is 13.5. The Kier molecular flexibility index (Phi) is 5.42. The van der Waals surface area contributed by atoms with Crippen LogP contribution in [0.5, 0.6) is 0 Å². The molecular formula is C14H22N2O3. The first-order valence-electron chi connectivity index (χ1n) is 6.96. The van der Waals surface area contributed by atoms with Crippen LogP contribution in [-0.4, -0.2) is 48.2 Å². The number of furan rings is 1. The fraction of sp³-hybridized carbons (Fsp3) is 0.643. The van der Waals surface area contributed by atoms with Gasteiger partial charge in [0.05, 0.1) is 18.4 Å². The molecule has 0 aromatic carbocycles. The van der Waals surface area contributed by atoms with Crippen molar-refractivity contribution in [3.8, 4) is 0 Å². The molecule has 1 aromatic heterocycles. The Balaban J connectivity index is 1.64. The smallest absolute Gasteiger partial charge is 0.254 e. The lowest BCUT2D eigenvalue weighted by Gasteiger charge is -2.34. The molecule has 0 spiro atoms. The van der Waals surface area contributed by atoms with Crippen LogP contribution in [-0.2, 0) is 0 Å². The number of rotatable bonds is 6. The van der Waals surface area contributed by atoms with Crippen molar-refractivity contribution in [1.29, 1.82) is 0 Å². The Morgan fingerprint density at radius 1 is 1.53 bits per heavy atom. The summed E-state index contributed by atoms with van der Waals surface area (Å²) in [5.74, 6) is -0.0916. The molecule has 106 valence electrons. The van der Waals surface area contributed by atoms with Crippen molar-refractivity contribution in [2.24, 2.45) is 0 Å². The van der Waals surface area contributed by atoms with Gasteiger partial charge in [0.15, 0.2) is 0 Å². The summed E-state index contributed by atoms with van der Waals surface area (Å²) in [6.07, 6.45) is 7.34. The minimum atomic E-state index is -0.0916. The summed E-state index contributed by atoms with van der Waals surface area (Å²) in [6, 6.07) is 1.96. The Morgan fingerprint density at radius 2 is 2.42 bits per heavy atom. The largest absolute Gasteiger partial charge is 0.472 e. The van der Waals surface area contributed by atoms with Crippen LogP contribution in [0.15, 0.2) is 23.0 Å². The SMILES string of the molecule is O=C(NCCCN1CCCC[C@@H]1CO)c1ccoc1. The van der Waals surface area contributed by atoms with E-state index in [0.717, 1.165) is 25.9 Å². The monoisotopic (exact) mass is 266 g/mol. The molecule has 1 aromatic rings. The molecule has 1 fully saturated rings. The molecule has 1 amide bonds. The van der Waals surface area contributed by atoms with Gasteiger partial charge in [0, 0.05) is 19.1 Å². The summed E-state index contributed by atoms with van der Waals surface area (Å²) in [4.78, 5) is 14.0. The second-order valence-electron chi connectivity index (χ2n) is 4.99. The zero-order valence-corrected chi connectivity index (χ0v) is 11.2. The van der Waals surface area contributed by atoms with Gasteiger partial charge in [-0.05, 0) is 31.9 Å². The normalized spacial score (nSPS) is 20.4. The van der Waals surface area contributed by atoms with E-state index in [1.807, 2.05) is 0 Å². The molecule has 5 heteroatoms. The van der Waals surface area contributed by atoms with Gasteiger partial charge in [-0.2, -0.15) is 0 Å². The molecular weight excluding hydrogens is 244 g/mol. The van der Waals surface area contributed by atoms with E-state index in [1.54, 1.807) is 6.07 Å². The lowest BCUT2D eigenvalue weighted by molar-refractivity contribution is 0.0868. The first-order valence-corrected chi connectivity index (χ1v) is 6.96. The van der Waals surface area contributed by atoms with Crippen LogP contribution in [0.4, 0.5) is 0 Å². The quantitative estimate of drug-likeness (QED) is 0.760. The molecule has 2 rings (SSSR count). The average molecular weight is 266 g/mol. The van der Waals surface area contributed by atoms with Crippen molar-refractivity contribution in [3.63, 3.8) is 0 Å². The number of nitrogens with zero attached hydrogens (tertiary/aromatic N) is 1. The summed E-state index contributed by atoms with van der Waals surface area (Å²) in [5.41, 5.74) is 0.561. The van der Waals surface area contributed by atoms with E-state index in [0.29, 0.717) is 18.2 Å². The minimum Gasteiger partial charge on any atom is -0.472 e. The summed E-state index contributed by atoms with van der Waals surface area (Å²) in [5, 5.41) is 12.2. The third-order valence-electron chi connectivity index (χ3n) is 3.65. The lowest BCUT2D eigenvalue weighted by Crippen LogP contribution is -2.43. The third kappa shape index (κ3) is 4.08. The van der Waals surface area contributed by atoms with Gasteiger partial charge in [-0.3, -0.25) is 9.69 Å². The molecule has 0 unspecified atom stereocenters. The predicted molar refractivity (Wildman–Crippen MR) is 72.0 cm³/mol. The zero-order valence-electron chi connectivity index (χ0n) is 11.2. The number of hydrogen-bond donors (Lipinski definition) is 2. The number of carbonyl (C=O) groups is 1. The highest BCUT2D eigenvalue weighted by Gasteiger charge is 2.20. The van der Waals surface area contributed by atoms with E-state index in [9.17, 15) is 9.90 Å². The summed E-state index contributed by atoms with van der Waals surface area (Å²) in [6.45, 7) is 2.87. The van der Waals surface area contributed by atoms with E-state index >= 15 is 0 Å². The average Bonchev–Trinajstić information content (AvgIpc) is 2.98. The summed E-state index contributed by atoms with van der Waals surface area (Å²) in [7, 11) is 0. The number of aliphatic hydroxyl groups is 1. The molecule has 1 aliphatic rings. The van der Waals surface area contributed by atoms with E-state index in [2.05, 4.69) is 10.2 Å². The molecule has 0 radical (unpaired) electrons. The van der Waals surface area contributed by atoms with Gasteiger partial charge in [0.1, 0.15) is 6.26 Å². The van der Waals surface area contributed by atoms with Crippen molar-refractivity contribution in [2.75, 3.05) is 26.2 Å². The van der Waals surface area contributed by atoms with E-state index in [1.165, 1.54) is 25.4 Å². The fourth-order valence-corrected chi connectivity index (χ4v) is 2.54. The molecule has 5 nitrogen and oxygen atoms in total. The van der Waals surface area contributed by atoms with Crippen LogP contribution in [0.1, 0.15) is 36.0 Å². The van der Waals surface area contributed by atoms with Crippen molar-refractivity contribution in [1.82, 2.24) is 10.2 Å². The predicted octanol–water partition coefficient (Wildman–Crippen LogP) is 1.25. The molecule has 0 saturated carbocycles. The number of nitrogens with one attached hydrogen (secondary N) is 1. The molecule has 19 heavy (non-hydrogen) atoms. The van der Waals surface area contributed by atoms with Crippen molar-refractivity contribution >= 4 is 5.91 Å². The van der Waals surface area contributed by atoms with Gasteiger partial charge >= 0.3 is 0 Å². The van der Waals surface area contributed by atoms with Crippen molar-refractivity contribution < 1.29 is 14.3 Å². The van der Waals surface area contributed by atoms with E-state index < -0.39 is 0 Å². The molecule has 1 saturated heterocycles. The number of piperidine rings is 1. The Hall–Kier alpha value is -1.33. The van der Waals surface area contributed by atoms with Crippen LogP contribution < -0.4 is 5.32 Å². The number of aliphatic hydroxyl groups excluding tert-OH is 1. The van der Waals surface area contributed by atoms with E-state index in [4.69, 9.17) is 4.42 Å². The summed E-state index contributed by atoms with van der Waals surface area (Å²) < 4.78 is 4.87. The van der Waals surface area contributed by atoms with Gasteiger partial charge in [0.2, 0.25) is 0 Å². The lowest BCUT2D eigenvalue weighted by atomic mass is 10.0. The molecule has 0 bridgehead atoms. The summed E-state index contributed by atoms with van der Waals surface area (Å²) >= 11 is 0. The number of hydrogen-bond acceptors (Lipinski definition) is 4. The molecule has 0 aliphatic carbocycles. The van der Waals surface area contributed by atoms with Crippen molar-refractivity contribution in [3.05, 3.63) is 24.2 Å². The highest BCUT2D eigenvalue weighted by atomic mass is 16.3. The second-order valence-corrected chi connectivity index (χ2v) is 4.99. The maximum atomic E-state index is 11.7. The first-order chi connectivity index (χ1) is 9.31. The standard InChI is InChI=1S/C14H22N2O3/c17-10-13-4-1-2-7-16(13)8-3-6-15-14(18)12-5-9-19-11-12/h5,9,11,13,17H,1-4,6-8,10H2,(H,15,18)/t13-/m1/s1. The first kappa shape index (κ1) is 14.1. The second kappa shape index (κ2) is 7.31. The third-order valence-corrected chi connectivity index (χ3v) is 3.65. The number of likely N-dealkylation sites (tertiary alicyclic amines) is 1. The topological polar surface area (TPSA) is 65.7 Å². The van der Waals surface area contributed by atoms with Gasteiger partial charge in [0.25, 0.3) is 5.91 Å². The molecule has 1 atom stereocenters. The number of amides is 1. The maximum Gasteiger partial charge on any atom is 0.254 e. The minimum absolute atomic E-state index is 0.0916. The molecule has 2 heterocycles. The fourth-order valence-electron chi connectivity index (χ4n) is 2.54. The van der Waals surface area contributed by atoms with Crippen LogP contribution >= 0.6 is 0 Å². The van der Waals surface area contributed by atoms with Gasteiger partial charge in [-0.1, -0.05) is 6.42 Å². The maximum absolute atomic E-state index is 11.7. The van der Waals surface area contributed by atoms with Crippen LogP contribution in [0.3, 0.4) is 0 Å². The number of carbonyl (C=O) groups excluding carboxylic acids is 1. The Labute approximate surface area is 113 Å². The Morgan fingerprint density at radius 3 is 3.16 bits per heavy atom. The van der Waals surface area contributed by atoms with Crippen molar-refractivity contribution in [2.45, 2.75) is 31.7 Å². The van der Waals surface area contributed by atoms with Gasteiger partial charge in [-0.15, -0.1) is 0 Å². The van der Waals surface area contributed by atoms with Crippen LogP contribution in [0.2, 0.25) is 0 Å². The van der Waals surface area contributed by atoms with Gasteiger partial charge in [-0.25, -0.2) is 0 Å². The highest BCUT2D eigenvalue weighted by Crippen LogP contribution is 2.16. The van der Waals surface area contributed by atoms with E-state index in [-0.39, 0.29) is 12.5 Å². The van der Waals surface area contributed by atoms with Crippen LogP contribution in [0.25, 0.3) is 0 Å². The van der Waals surface area contributed by atoms with Gasteiger partial charge < -0.3 is 14.8 Å². The highest BCUT2D eigenvalue weighted by molar-refractivity contribution is 5.93.